The molecule has 0 aromatic rings. The van der Waals surface area contributed by atoms with Crippen LogP contribution in [0.1, 0.15) is 77.6 Å². The summed E-state index contributed by atoms with van der Waals surface area (Å²) in [6.45, 7) is 3.39. The summed E-state index contributed by atoms with van der Waals surface area (Å²) in [4.78, 5) is 14.6. The van der Waals surface area contributed by atoms with Crippen molar-refractivity contribution in [3.05, 3.63) is 12.2 Å². The third-order valence-electron chi connectivity index (χ3n) is 5.61. The summed E-state index contributed by atoms with van der Waals surface area (Å²) in [5, 5.41) is 19.3. The quantitative estimate of drug-likeness (QED) is 0.114. The smallest absolute Gasteiger partial charge is 0.316 e. The minimum atomic E-state index is -4.29. The number of allylic oxidation sites excluding steroid dienone is 2. The van der Waals surface area contributed by atoms with Crippen LogP contribution in [0.15, 0.2) is 12.2 Å². The van der Waals surface area contributed by atoms with Gasteiger partial charge in [0, 0.05) is 6.42 Å². The Balaban J connectivity index is 2.39. The van der Waals surface area contributed by atoms with E-state index in [1.165, 1.54) is 32.1 Å². The van der Waals surface area contributed by atoms with Crippen molar-refractivity contribution in [1.82, 2.24) is 4.90 Å². The zero-order valence-corrected chi connectivity index (χ0v) is 20.4. The van der Waals surface area contributed by atoms with Crippen molar-refractivity contribution in [3.63, 3.8) is 0 Å². The molecule has 1 aliphatic rings. The lowest BCUT2D eigenvalue weighted by molar-refractivity contribution is -0.525. The van der Waals surface area contributed by atoms with Crippen LogP contribution in [0.3, 0.4) is 0 Å². The number of Topliss-reactive ketones (excluding diaryl/α,β-unsaturated/α-hetero) is 1. The van der Waals surface area contributed by atoms with Crippen LogP contribution in [0.5, 0.6) is 0 Å². The first-order valence-corrected chi connectivity index (χ1v) is 13.7. The minimum Gasteiger partial charge on any atom is -0.392 e. The van der Waals surface area contributed by atoms with Gasteiger partial charge in [0.2, 0.25) is 5.78 Å². The van der Waals surface area contributed by atoms with E-state index in [1.807, 2.05) is 0 Å². The summed E-state index contributed by atoms with van der Waals surface area (Å²) in [6.07, 6.45) is 14.9. The van der Waals surface area contributed by atoms with Gasteiger partial charge in [0.25, 0.3) is 10.1 Å². The average Bonchev–Trinajstić information content (AvgIpc) is 3.09. The van der Waals surface area contributed by atoms with Gasteiger partial charge >= 0.3 is 5.84 Å². The molecule has 0 fully saturated rings. The molecule has 8 nitrogen and oxygen atoms in total. The molecule has 0 aliphatic carbocycles. The number of unbranched alkanes of at least 4 members (excludes halogenated alkanes) is 8. The van der Waals surface area contributed by atoms with Crippen LogP contribution >= 0.6 is 0 Å². The molecule has 0 bridgehead atoms. The SMILES string of the molecule is CCCC/C=C/CCCCCCCCC(=O)C1=[N+](CC(O)CS(=O)(=O)O)CCN1CCO. The highest BCUT2D eigenvalue weighted by Gasteiger charge is 2.36. The molecule has 3 N–H and O–H groups in total. The maximum atomic E-state index is 12.8. The topological polar surface area (TPSA) is 118 Å². The van der Waals surface area contributed by atoms with Crippen LogP contribution in [-0.4, -0.2) is 88.9 Å². The van der Waals surface area contributed by atoms with Crippen molar-refractivity contribution in [2.24, 2.45) is 0 Å². The van der Waals surface area contributed by atoms with Crippen molar-refractivity contribution in [2.75, 3.05) is 38.5 Å². The number of carbonyl (C=O) groups excluding carboxylic acids is 1. The fraction of sp³-hybridized carbons (Fsp3) is 0.826. The molecule has 0 amide bonds. The summed E-state index contributed by atoms with van der Waals surface area (Å²) in [5.74, 6) is -0.380. The molecular weight excluding hydrogens is 432 g/mol. The summed E-state index contributed by atoms with van der Waals surface area (Å²) in [6, 6.07) is 0. The van der Waals surface area contributed by atoms with Gasteiger partial charge in [0.05, 0.1) is 6.61 Å². The van der Waals surface area contributed by atoms with E-state index >= 15 is 0 Å². The largest absolute Gasteiger partial charge is 0.392 e. The molecule has 1 aliphatic heterocycles. The van der Waals surface area contributed by atoms with Crippen molar-refractivity contribution in [3.8, 4) is 0 Å². The Bertz CT molecular complexity index is 705. The van der Waals surface area contributed by atoms with Gasteiger partial charge < -0.3 is 10.2 Å². The molecule has 0 saturated heterocycles. The monoisotopic (exact) mass is 475 g/mol. The van der Waals surface area contributed by atoms with E-state index in [-0.39, 0.29) is 18.9 Å². The zero-order chi connectivity index (χ0) is 23.8. The Morgan fingerprint density at radius 3 is 2.34 bits per heavy atom. The number of hydrogen-bond acceptors (Lipinski definition) is 6. The number of carbonyl (C=O) groups is 1. The molecule has 0 aromatic heterocycles. The lowest BCUT2D eigenvalue weighted by Gasteiger charge is -2.13. The molecule has 0 aromatic carbocycles. The van der Waals surface area contributed by atoms with Crippen molar-refractivity contribution in [2.45, 2.75) is 83.7 Å². The maximum absolute atomic E-state index is 12.8. The molecule has 0 radical (unpaired) electrons. The van der Waals surface area contributed by atoms with Crippen LogP contribution in [-0.2, 0) is 14.9 Å². The van der Waals surface area contributed by atoms with Crippen molar-refractivity contribution in [1.29, 1.82) is 0 Å². The second kappa shape index (κ2) is 16.3. The first-order chi connectivity index (χ1) is 15.3. The summed E-state index contributed by atoms with van der Waals surface area (Å²) >= 11 is 0. The van der Waals surface area contributed by atoms with Crippen LogP contribution in [0.25, 0.3) is 0 Å². The predicted molar refractivity (Wildman–Crippen MR) is 127 cm³/mol. The van der Waals surface area contributed by atoms with Crippen LogP contribution in [0.2, 0.25) is 0 Å². The first-order valence-electron chi connectivity index (χ1n) is 12.1. The van der Waals surface area contributed by atoms with Gasteiger partial charge in [-0.2, -0.15) is 8.42 Å². The van der Waals surface area contributed by atoms with Gasteiger partial charge in [0.15, 0.2) is 0 Å². The van der Waals surface area contributed by atoms with Crippen LogP contribution in [0, 0.1) is 0 Å². The Labute approximate surface area is 193 Å². The number of β-amino-alcohol motifs (C(OH)–C–C–N with tert-alkyl or cyclic N) is 2. The fourth-order valence-electron chi connectivity index (χ4n) is 4.00. The predicted octanol–water partition coefficient (Wildman–Crippen LogP) is 2.39. The highest BCUT2D eigenvalue weighted by molar-refractivity contribution is 7.85. The maximum Gasteiger partial charge on any atom is 0.316 e. The summed E-state index contributed by atoms with van der Waals surface area (Å²) in [5.41, 5.74) is 0. The Morgan fingerprint density at radius 1 is 1.09 bits per heavy atom. The van der Waals surface area contributed by atoms with E-state index < -0.39 is 22.0 Å². The number of aliphatic hydroxyl groups is 2. The lowest BCUT2D eigenvalue weighted by Crippen LogP contribution is -2.40. The van der Waals surface area contributed by atoms with Crippen LogP contribution in [0.4, 0.5) is 0 Å². The minimum absolute atomic E-state index is 0.0459. The summed E-state index contributed by atoms with van der Waals surface area (Å²) < 4.78 is 32.6. The molecule has 186 valence electrons. The van der Waals surface area contributed by atoms with E-state index in [4.69, 9.17) is 4.55 Å². The first kappa shape index (κ1) is 28.7. The molecule has 32 heavy (non-hydrogen) atoms. The van der Waals surface area contributed by atoms with E-state index in [0.29, 0.717) is 31.9 Å². The second-order valence-electron chi connectivity index (χ2n) is 8.58. The third-order valence-corrected chi connectivity index (χ3v) is 6.41. The van der Waals surface area contributed by atoms with Crippen molar-refractivity contribution >= 4 is 21.7 Å². The number of ketones is 1. The Morgan fingerprint density at radius 2 is 1.72 bits per heavy atom. The zero-order valence-electron chi connectivity index (χ0n) is 19.6. The van der Waals surface area contributed by atoms with Gasteiger partial charge in [-0.15, -0.1) is 0 Å². The fourth-order valence-corrected chi connectivity index (χ4v) is 4.59. The Hall–Kier alpha value is -1.29. The molecule has 1 unspecified atom stereocenters. The average molecular weight is 476 g/mol. The van der Waals surface area contributed by atoms with E-state index in [1.54, 1.807) is 9.48 Å². The molecule has 0 saturated carbocycles. The molecule has 9 heteroatoms. The highest BCUT2D eigenvalue weighted by Crippen LogP contribution is 2.12. The van der Waals surface area contributed by atoms with Crippen LogP contribution < -0.4 is 0 Å². The molecular formula is C23H43N2O6S+. The number of amidine groups is 1. The molecule has 1 atom stereocenters. The Kier molecular flexibility index (Phi) is 14.7. The van der Waals surface area contributed by atoms with Crippen molar-refractivity contribution < 1.29 is 32.6 Å². The molecule has 0 spiro atoms. The summed E-state index contributed by atoms with van der Waals surface area (Å²) in [7, 11) is -4.29. The van der Waals surface area contributed by atoms with Gasteiger partial charge in [-0.1, -0.05) is 57.6 Å². The number of hydrogen-bond donors (Lipinski definition) is 3. The van der Waals surface area contributed by atoms with E-state index in [0.717, 1.165) is 32.1 Å². The number of rotatable bonds is 19. The lowest BCUT2D eigenvalue weighted by atomic mass is 10.1. The standard InChI is InChI=1S/C23H42N2O6S/c1-2-3-4-5-6-7-8-9-10-11-12-13-14-22(28)23-24(17-18-26)15-16-25(23)19-21(27)20-32(29,30)31/h5-6,21,26-27H,2-4,7-20H2,1H3/p+1/b6-5+. The molecule has 1 heterocycles. The van der Waals surface area contributed by atoms with Gasteiger partial charge in [0.1, 0.15) is 38.0 Å². The second-order valence-corrected chi connectivity index (χ2v) is 10.1. The normalized spacial score (nSPS) is 15.8. The number of nitrogens with zero attached hydrogens (tertiary/aromatic N) is 2. The molecule has 1 rings (SSSR count). The highest BCUT2D eigenvalue weighted by atomic mass is 32.2. The van der Waals surface area contributed by atoms with Gasteiger partial charge in [-0.05, 0) is 25.7 Å². The van der Waals surface area contributed by atoms with Gasteiger partial charge in [-0.25, -0.2) is 0 Å². The van der Waals surface area contributed by atoms with Gasteiger partial charge in [-0.3, -0.25) is 18.8 Å². The van der Waals surface area contributed by atoms with E-state index in [9.17, 15) is 23.4 Å². The third kappa shape index (κ3) is 12.7. The van der Waals surface area contributed by atoms with E-state index in [2.05, 4.69) is 19.1 Å². The number of aliphatic hydroxyl groups excluding tert-OH is 2.